The molecule has 150 valence electrons. The number of carbonyl (C=O) groups excluding carboxylic acids is 3. The van der Waals surface area contributed by atoms with Crippen molar-refractivity contribution in [1.82, 2.24) is 15.1 Å². The van der Waals surface area contributed by atoms with Gasteiger partial charge in [-0.05, 0) is 36.6 Å². The number of imide groups is 1. The molecule has 1 N–H and O–H groups in total. The summed E-state index contributed by atoms with van der Waals surface area (Å²) in [7, 11) is 0. The fourth-order valence-electron chi connectivity index (χ4n) is 4.04. The highest BCUT2D eigenvalue weighted by Crippen LogP contribution is 2.30. The van der Waals surface area contributed by atoms with E-state index < -0.39 is 23.3 Å². The summed E-state index contributed by atoms with van der Waals surface area (Å²) in [5, 5.41) is 2.64. The number of hydrogen-bond acceptors (Lipinski definition) is 3. The second kappa shape index (κ2) is 7.31. The van der Waals surface area contributed by atoms with Crippen LogP contribution in [-0.4, -0.2) is 47.3 Å². The number of likely N-dealkylation sites (tertiary alicyclic amines) is 1. The Morgan fingerprint density at radius 2 is 1.83 bits per heavy atom. The van der Waals surface area contributed by atoms with Crippen LogP contribution in [-0.2, 0) is 15.1 Å². The lowest BCUT2D eigenvalue weighted by atomic mass is 9.92. The molecule has 0 bridgehead atoms. The van der Waals surface area contributed by atoms with Crippen LogP contribution in [0.5, 0.6) is 0 Å². The van der Waals surface area contributed by atoms with Gasteiger partial charge in [0.15, 0.2) is 0 Å². The quantitative estimate of drug-likeness (QED) is 0.809. The largest absolute Gasteiger partial charge is 0.341 e. The standard InChI is InChI=1S/C22H22FN3O3/c1-22(17-7-9-18(23)10-8-17)20(28)26(21(29)24-22)14-19(27)25-12-11-16(13-25)15-5-3-2-4-6-15/h2-10,16H,11-14H2,1H3,(H,24,29)/t16-,22+/m1/s1. The highest BCUT2D eigenvalue weighted by Gasteiger charge is 2.49. The first kappa shape index (κ1) is 19.1. The van der Waals surface area contributed by atoms with Crippen LogP contribution in [0.3, 0.4) is 0 Å². The zero-order valence-corrected chi connectivity index (χ0v) is 16.1. The summed E-state index contributed by atoms with van der Waals surface area (Å²) in [6.45, 7) is 2.42. The van der Waals surface area contributed by atoms with Crippen LogP contribution in [0.1, 0.15) is 30.4 Å². The van der Waals surface area contributed by atoms with Gasteiger partial charge in [0.1, 0.15) is 17.9 Å². The van der Waals surface area contributed by atoms with Crippen LogP contribution in [0.4, 0.5) is 9.18 Å². The van der Waals surface area contributed by atoms with Crippen LogP contribution in [0.25, 0.3) is 0 Å². The average molecular weight is 395 g/mol. The average Bonchev–Trinajstić information content (AvgIpc) is 3.29. The number of nitrogens with one attached hydrogen (secondary N) is 1. The molecule has 29 heavy (non-hydrogen) atoms. The normalized spacial score (nSPS) is 24.1. The minimum atomic E-state index is -1.32. The number of carbonyl (C=O) groups is 3. The van der Waals surface area contributed by atoms with Crippen molar-refractivity contribution in [3.05, 3.63) is 71.5 Å². The SMILES string of the molecule is C[C@@]1(c2ccc(F)cc2)NC(=O)N(CC(=O)N2CC[C@@H](c3ccccc3)C2)C1=O. The van der Waals surface area contributed by atoms with Crippen LogP contribution in [0.2, 0.25) is 0 Å². The van der Waals surface area contributed by atoms with E-state index in [1.54, 1.807) is 11.8 Å². The number of rotatable bonds is 4. The van der Waals surface area contributed by atoms with Gasteiger partial charge in [-0.1, -0.05) is 42.5 Å². The van der Waals surface area contributed by atoms with Gasteiger partial charge < -0.3 is 10.2 Å². The van der Waals surface area contributed by atoms with Gasteiger partial charge >= 0.3 is 6.03 Å². The maximum Gasteiger partial charge on any atom is 0.325 e. The van der Waals surface area contributed by atoms with Crippen molar-refractivity contribution in [2.75, 3.05) is 19.6 Å². The predicted molar refractivity (Wildman–Crippen MR) is 104 cm³/mol. The smallest absolute Gasteiger partial charge is 0.325 e. The third-order valence-corrected chi connectivity index (χ3v) is 5.80. The molecule has 2 fully saturated rings. The number of amides is 4. The second-order valence-electron chi connectivity index (χ2n) is 7.69. The van der Waals surface area contributed by atoms with Gasteiger partial charge in [0.2, 0.25) is 5.91 Å². The Hall–Kier alpha value is -3.22. The number of hydrogen-bond donors (Lipinski definition) is 1. The molecule has 7 heteroatoms. The highest BCUT2D eigenvalue weighted by molar-refractivity contribution is 6.09. The van der Waals surface area contributed by atoms with Crippen molar-refractivity contribution in [2.24, 2.45) is 0 Å². The third-order valence-electron chi connectivity index (χ3n) is 5.80. The first-order chi connectivity index (χ1) is 13.9. The summed E-state index contributed by atoms with van der Waals surface area (Å²) in [5.74, 6) is -0.938. The Morgan fingerprint density at radius 3 is 2.52 bits per heavy atom. The zero-order valence-electron chi connectivity index (χ0n) is 16.1. The Kier molecular flexibility index (Phi) is 4.82. The van der Waals surface area contributed by atoms with E-state index in [-0.39, 0.29) is 18.4 Å². The van der Waals surface area contributed by atoms with Crippen LogP contribution in [0, 0.1) is 5.82 Å². The maximum absolute atomic E-state index is 13.2. The number of nitrogens with zero attached hydrogens (tertiary/aromatic N) is 2. The molecular weight excluding hydrogens is 373 g/mol. The summed E-state index contributed by atoms with van der Waals surface area (Å²) < 4.78 is 13.2. The zero-order chi connectivity index (χ0) is 20.6. The fourth-order valence-corrected chi connectivity index (χ4v) is 4.04. The fraction of sp³-hybridized carbons (Fsp3) is 0.318. The molecule has 2 atom stereocenters. The van der Waals surface area contributed by atoms with E-state index in [0.29, 0.717) is 18.7 Å². The molecule has 2 heterocycles. The minimum Gasteiger partial charge on any atom is -0.341 e. The van der Waals surface area contributed by atoms with E-state index in [4.69, 9.17) is 0 Å². The van der Waals surface area contributed by atoms with E-state index in [0.717, 1.165) is 11.3 Å². The minimum absolute atomic E-state index is 0.254. The molecule has 2 aromatic rings. The number of benzene rings is 2. The molecule has 6 nitrogen and oxygen atoms in total. The molecule has 0 unspecified atom stereocenters. The summed E-state index contributed by atoms with van der Waals surface area (Å²) in [4.78, 5) is 40.8. The van der Waals surface area contributed by atoms with Crippen molar-refractivity contribution in [1.29, 1.82) is 0 Å². The summed E-state index contributed by atoms with van der Waals surface area (Å²) in [6, 6.07) is 14.8. The van der Waals surface area contributed by atoms with Crippen LogP contribution in [0.15, 0.2) is 54.6 Å². The van der Waals surface area contributed by atoms with E-state index in [1.807, 2.05) is 30.3 Å². The molecular formula is C22H22FN3O3. The Balaban J connectivity index is 1.44. The number of halogens is 1. The molecule has 4 rings (SSSR count). The first-order valence-corrected chi connectivity index (χ1v) is 9.61. The van der Waals surface area contributed by atoms with E-state index >= 15 is 0 Å². The Morgan fingerprint density at radius 1 is 1.14 bits per heavy atom. The second-order valence-corrected chi connectivity index (χ2v) is 7.69. The van der Waals surface area contributed by atoms with Gasteiger partial charge in [-0.25, -0.2) is 9.18 Å². The van der Waals surface area contributed by atoms with Gasteiger partial charge in [0.05, 0.1) is 0 Å². The van der Waals surface area contributed by atoms with Crippen molar-refractivity contribution in [3.63, 3.8) is 0 Å². The molecule has 2 aliphatic heterocycles. The third kappa shape index (κ3) is 3.48. The van der Waals surface area contributed by atoms with E-state index in [1.165, 1.54) is 29.8 Å². The van der Waals surface area contributed by atoms with Crippen LogP contribution < -0.4 is 5.32 Å². The lowest BCUT2D eigenvalue weighted by molar-refractivity contribution is -0.138. The molecule has 2 aromatic carbocycles. The topological polar surface area (TPSA) is 69.7 Å². The van der Waals surface area contributed by atoms with Gasteiger partial charge in [-0.3, -0.25) is 14.5 Å². The highest BCUT2D eigenvalue weighted by atomic mass is 19.1. The summed E-state index contributed by atoms with van der Waals surface area (Å²) in [6.07, 6.45) is 0.850. The van der Waals surface area contributed by atoms with Gasteiger partial charge in [0.25, 0.3) is 5.91 Å². The van der Waals surface area contributed by atoms with Gasteiger partial charge in [0, 0.05) is 19.0 Å². The number of urea groups is 1. The molecule has 4 amide bonds. The van der Waals surface area contributed by atoms with Crippen molar-refractivity contribution >= 4 is 17.8 Å². The monoisotopic (exact) mass is 395 g/mol. The molecule has 0 spiro atoms. The summed E-state index contributed by atoms with van der Waals surface area (Å²) >= 11 is 0. The molecule has 2 saturated heterocycles. The van der Waals surface area contributed by atoms with Crippen molar-refractivity contribution in [3.8, 4) is 0 Å². The van der Waals surface area contributed by atoms with Crippen molar-refractivity contribution in [2.45, 2.75) is 24.8 Å². The molecule has 0 aliphatic carbocycles. The maximum atomic E-state index is 13.2. The lowest BCUT2D eigenvalue weighted by Crippen LogP contribution is -2.44. The molecule has 0 radical (unpaired) electrons. The Labute approximate surface area is 168 Å². The van der Waals surface area contributed by atoms with E-state index in [9.17, 15) is 18.8 Å². The Bertz CT molecular complexity index is 948. The van der Waals surface area contributed by atoms with Gasteiger partial charge in [-0.2, -0.15) is 0 Å². The van der Waals surface area contributed by atoms with E-state index in [2.05, 4.69) is 5.32 Å². The van der Waals surface area contributed by atoms with Crippen LogP contribution >= 0.6 is 0 Å². The predicted octanol–water partition coefficient (Wildman–Crippen LogP) is 2.61. The lowest BCUT2D eigenvalue weighted by Gasteiger charge is -2.23. The van der Waals surface area contributed by atoms with Gasteiger partial charge in [-0.15, -0.1) is 0 Å². The summed E-state index contributed by atoms with van der Waals surface area (Å²) in [5.41, 5.74) is 0.335. The molecule has 0 saturated carbocycles. The molecule has 2 aliphatic rings. The molecule has 0 aromatic heterocycles. The first-order valence-electron chi connectivity index (χ1n) is 9.61. The van der Waals surface area contributed by atoms with Crippen molar-refractivity contribution < 1.29 is 18.8 Å².